The lowest BCUT2D eigenvalue weighted by Gasteiger charge is -2.26. The highest BCUT2D eigenvalue weighted by Crippen LogP contribution is 2.31. The fraction of sp³-hybridized carbons (Fsp3) is 0.647. The second-order valence-corrected chi connectivity index (χ2v) is 8.96. The van der Waals surface area contributed by atoms with Gasteiger partial charge in [-0.15, -0.1) is 12.4 Å². The minimum absolute atomic E-state index is 0. The second kappa shape index (κ2) is 9.57. The summed E-state index contributed by atoms with van der Waals surface area (Å²) >= 11 is 6.06. The Hall–Kier alpha value is -0.570. The number of nitrogens with one attached hydrogen (secondary N) is 1. The Morgan fingerprint density at radius 1 is 1.35 bits per heavy atom. The quantitative estimate of drug-likeness (QED) is 0.759. The van der Waals surface area contributed by atoms with Crippen molar-refractivity contribution < 1.29 is 17.9 Å². The molecule has 0 amide bonds. The Kier molecular flexibility index (Phi) is 8.00. The SMILES string of the molecule is CN(C1CCNC1)S(=O)(=O)c1cc(Cl)ccc1OCC1CCCCO1.Cl. The highest BCUT2D eigenvalue weighted by Gasteiger charge is 2.32. The van der Waals surface area contributed by atoms with Gasteiger partial charge in [0.05, 0.1) is 6.10 Å². The summed E-state index contributed by atoms with van der Waals surface area (Å²) in [5.74, 6) is 0.330. The van der Waals surface area contributed by atoms with E-state index in [0.717, 1.165) is 38.8 Å². The van der Waals surface area contributed by atoms with Crippen LogP contribution in [0.4, 0.5) is 0 Å². The monoisotopic (exact) mass is 424 g/mol. The number of nitrogens with zero attached hydrogens (tertiary/aromatic N) is 1. The van der Waals surface area contributed by atoms with Crippen molar-refractivity contribution in [1.82, 2.24) is 9.62 Å². The Bertz CT molecular complexity index is 690. The van der Waals surface area contributed by atoms with Gasteiger partial charge in [0.25, 0.3) is 0 Å². The molecule has 6 nitrogen and oxygen atoms in total. The molecule has 2 atom stereocenters. The Morgan fingerprint density at radius 3 is 2.81 bits per heavy atom. The van der Waals surface area contributed by atoms with Crippen LogP contribution in [0.15, 0.2) is 23.1 Å². The van der Waals surface area contributed by atoms with Crippen LogP contribution >= 0.6 is 24.0 Å². The van der Waals surface area contributed by atoms with Crippen molar-refractivity contribution in [1.29, 1.82) is 0 Å². The standard InChI is InChI=1S/C17H25ClN2O4S.ClH/c1-20(14-7-8-19-11-14)25(21,22)17-10-13(18)5-6-16(17)24-12-15-4-2-3-9-23-15;/h5-6,10,14-15,19H,2-4,7-9,11-12H2,1H3;1H. The first-order valence-corrected chi connectivity index (χ1v) is 10.5. The smallest absolute Gasteiger partial charge is 0.246 e. The van der Waals surface area contributed by atoms with Gasteiger partial charge in [0, 0.05) is 31.3 Å². The molecule has 0 aromatic heterocycles. The summed E-state index contributed by atoms with van der Waals surface area (Å²) in [5, 5.41) is 3.56. The minimum atomic E-state index is -3.69. The molecule has 3 rings (SSSR count). The van der Waals surface area contributed by atoms with Gasteiger partial charge < -0.3 is 14.8 Å². The van der Waals surface area contributed by atoms with Crippen molar-refractivity contribution >= 4 is 34.0 Å². The maximum Gasteiger partial charge on any atom is 0.246 e. The lowest BCUT2D eigenvalue weighted by atomic mass is 10.1. The molecule has 1 aromatic carbocycles. The summed E-state index contributed by atoms with van der Waals surface area (Å²) in [6.07, 6.45) is 3.91. The topological polar surface area (TPSA) is 67.9 Å². The van der Waals surface area contributed by atoms with Crippen LogP contribution in [0.1, 0.15) is 25.7 Å². The van der Waals surface area contributed by atoms with E-state index < -0.39 is 10.0 Å². The van der Waals surface area contributed by atoms with Crippen molar-refractivity contribution in [3.8, 4) is 5.75 Å². The average molecular weight is 425 g/mol. The zero-order valence-electron chi connectivity index (χ0n) is 14.8. The lowest BCUT2D eigenvalue weighted by molar-refractivity contribution is -0.0116. The number of hydrogen-bond acceptors (Lipinski definition) is 5. The summed E-state index contributed by atoms with van der Waals surface area (Å²) in [7, 11) is -2.07. The fourth-order valence-corrected chi connectivity index (χ4v) is 5.00. The van der Waals surface area contributed by atoms with Gasteiger partial charge in [-0.25, -0.2) is 8.42 Å². The lowest BCUT2D eigenvalue weighted by Crippen LogP contribution is -2.38. The molecule has 0 saturated carbocycles. The van der Waals surface area contributed by atoms with E-state index in [4.69, 9.17) is 21.1 Å². The van der Waals surface area contributed by atoms with Gasteiger partial charge in [-0.05, 0) is 50.4 Å². The van der Waals surface area contributed by atoms with Crippen LogP contribution in [0, 0.1) is 0 Å². The van der Waals surface area contributed by atoms with E-state index in [1.807, 2.05) is 0 Å². The van der Waals surface area contributed by atoms with Gasteiger partial charge in [-0.3, -0.25) is 0 Å². The van der Waals surface area contributed by atoms with Crippen LogP contribution in [0.5, 0.6) is 5.75 Å². The molecular formula is C17H26Cl2N2O4S. The van der Waals surface area contributed by atoms with Crippen molar-refractivity contribution in [3.05, 3.63) is 23.2 Å². The largest absolute Gasteiger partial charge is 0.489 e. The Balaban J connectivity index is 0.00000243. The molecule has 2 unspecified atom stereocenters. The third-order valence-corrected chi connectivity index (χ3v) is 6.98. The van der Waals surface area contributed by atoms with Crippen molar-refractivity contribution in [2.45, 2.75) is 42.7 Å². The normalized spacial score (nSPS) is 23.7. The van der Waals surface area contributed by atoms with Crippen molar-refractivity contribution in [2.24, 2.45) is 0 Å². The molecule has 148 valence electrons. The number of halogens is 2. The number of ether oxygens (including phenoxy) is 2. The van der Waals surface area contributed by atoms with E-state index in [2.05, 4.69) is 5.32 Å². The first kappa shape index (κ1) is 21.7. The summed E-state index contributed by atoms with van der Waals surface area (Å²) in [6, 6.07) is 4.68. The first-order valence-electron chi connectivity index (χ1n) is 8.71. The van der Waals surface area contributed by atoms with Crippen LogP contribution in [-0.4, -0.2) is 58.2 Å². The van der Waals surface area contributed by atoms with Gasteiger partial charge in [-0.2, -0.15) is 4.31 Å². The van der Waals surface area contributed by atoms with E-state index in [-0.39, 0.29) is 29.4 Å². The Morgan fingerprint density at radius 2 is 2.15 bits per heavy atom. The van der Waals surface area contributed by atoms with Gasteiger partial charge in [-0.1, -0.05) is 11.6 Å². The zero-order chi connectivity index (χ0) is 17.9. The molecule has 0 spiro atoms. The second-order valence-electron chi connectivity index (χ2n) is 6.56. The Labute approximate surface area is 166 Å². The predicted octanol–water partition coefficient (Wildman–Crippen LogP) is 2.69. The number of rotatable bonds is 6. The van der Waals surface area contributed by atoms with Crippen LogP contribution in [0.2, 0.25) is 5.02 Å². The highest BCUT2D eigenvalue weighted by atomic mass is 35.5. The molecular weight excluding hydrogens is 399 g/mol. The van der Waals surface area contributed by atoms with E-state index in [0.29, 0.717) is 23.9 Å². The molecule has 0 radical (unpaired) electrons. The molecule has 2 fully saturated rings. The fourth-order valence-electron chi connectivity index (χ4n) is 3.23. The average Bonchev–Trinajstić information content (AvgIpc) is 3.15. The van der Waals surface area contributed by atoms with Crippen LogP contribution < -0.4 is 10.1 Å². The van der Waals surface area contributed by atoms with E-state index >= 15 is 0 Å². The summed E-state index contributed by atoms with van der Waals surface area (Å²) < 4.78 is 39.0. The molecule has 1 aromatic rings. The summed E-state index contributed by atoms with van der Waals surface area (Å²) in [5.41, 5.74) is 0. The third-order valence-electron chi connectivity index (χ3n) is 4.81. The number of benzene rings is 1. The van der Waals surface area contributed by atoms with Crippen LogP contribution in [0.25, 0.3) is 0 Å². The molecule has 2 heterocycles. The number of likely N-dealkylation sites (N-methyl/N-ethyl adjacent to an activating group) is 1. The van der Waals surface area contributed by atoms with Gasteiger partial charge >= 0.3 is 0 Å². The molecule has 0 bridgehead atoms. The van der Waals surface area contributed by atoms with E-state index in [1.165, 1.54) is 10.4 Å². The molecule has 9 heteroatoms. The maximum atomic E-state index is 13.1. The number of sulfonamides is 1. The van der Waals surface area contributed by atoms with Crippen molar-refractivity contribution in [3.63, 3.8) is 0 Å². The molecule has 2 aliphatic heterocycles. The zero-order valence-corrected chi connectivity index (χ0v) is 17.2. The summed E-state index contributed by atoms with van der Waals surface area (Å²) in [4.78, 5) is 0.116. The van der Waals surface area contributed by atoms with Crippen LogP contribution in [0.3, 0.4) is 0 Å². The molecule has 0 aliphatic carbocycles. The van der Waals surface area contributed by atoms with Gasteiger partial charge in [0.1, 0.15) is 17.3 Å². The molecule has 2 saturated heterocycles. The van der Waals surface area contributed by atoms with Crippen molar-refractivity contribution in [2.75, 3.05) is 33.4 Å². The third kappa shape index (κ3) is 5.03. The predicted molar refractivity (Wildman–Crippen MR) is 104 cm³/mol. The molecule has 2 aliphatic rings. The molecule has 26 heavy (non-hydrogen) atoms. The van der Waals surface area contributed by atoms with Gasteiger partial charge in [0.2, 0.25) is 10.0 Å². The molecule has 1 N–H and O–H groups in total. The van der Waals surface area contributed by atoms with Crippen LogP contribution in [-0.2, 0) is 14.8 Å². The maximum absolute atomic E-state index is 13.1. The van der Waals surface area contributed by atoms with E-state index in [1.54, 1.807) is 19.2 Å². The minimum Gasteiger partial charge on any atom is -0.489 e. The van der Waals surface area contributed by atoms with Gasteiger partial charge in [0.15, 0.2) is 0 Å². The van der Waals surface area contributed by atoms with E-state index in [9.17, 15) is 8.42 Å². The number of hydrogen-bond donors (Lipinski definition) is 1. The summed E-state index contributed by atoms with van der Waals surface area (Å²) in [6.45, 7) is 2.56. The first-order chi connectivity index (χ1) is 12.0. The highest BCUT2D eigenvalue weighted by molar-refractivity contribution is 7.89.